The van der Waals surface area contributed by atoms with Crippen molar-refractivity contribution >= 4 is 18.6 Å². The molecule has 21 heavy (non-hydrogen) atoms. The van der Waals surface area contributed by atoms with Crippen molar-refractivity contribution in [1.29, 1.82) is 0 Å². The summed E-state index contributed by atoms with van der Waals surface area (Å²) in [6.07, 6.45) is 0. The number of methoxy groups -OCH3 is 1. The molecule has 1 fully saturated rings. The van der Waals surface area contributed by atoms with E-state index in [0.29, 0.717) is 0 Å². The number of benzene rings is 1. The quantitative estimate of drug-likeness (QED) is 0.862. The minimum Gasteiger partial charge on any atom is -0.496 e. The van der Waals surface area contributed by atoms with Crippen molar-refractivity contribution in [3.05, 3.63) is 23.5 Å². The van der Waals surface area contributed by atoms with E-state index in [1.165, 1.54) is 13.2 Å². The van der Waals surface area contributed by atoms with Crippen LogP contribution in [0.3, 0.4) is 0 Å². The summed E-state index contributed by atoms with van der Waals surface area (Å²) in [6.45, 7) is 7.36. The van der Waals surface area contributed by atoms with Gasteiger partial charge in [0.05, 0.1) is 18.3 Å². The van der Waals surface area contributed by atoms with Gasteiger partial charge in [-0.05, 0) is 33.8 Å². The lowest BCUT2D eigenvalue weighted by molar-refractivity contribution is 0.00578. The van der Waals surface area contributed by atoms with Gasteiger partial charge in [-0.1, -0.05) is 0 Å². The van der Waals surface area contributed by atoms with E-state index in [4.69, 9.17) is 14.0 Å². The van der Waals surface area contributed by atoms with Crippen LogP contribution in [0.5, 0.6) is 5.75 Å². The zero-order valence-corrected chi connectivity index (χ0v) is 12.7. The van der Waals surface area contributed by atoms with E-state index < -0.39 is 30.1 Å². The third-order valence-electron chi connectivity index (χ3n) is 4.06. The Morgan fingerprint density at radius 2 is 1.76 bits per heavy atom. The van der Waals surface area contributed by atoms with Crippen molar-refractivity contribution in [2.75, 3.05) is 7.11 Å². The first kappa shape index (κ1) is 15.8. The Kier molecular flexibility index (Phi) is 3.76. The molecule has 1 N–H and O–H groups in total. The number of ether oxygens (including phenoxy) is 1. The minimum absolute atomic E-state index is 0.0414. The third-order valence-corrected chi connectivity index (χ3v) is 4.06. The van der Waals surface area contributed by atoms with Crippen molar-refractivity contribution < 1.29 is 28.3 Å². The van der Waals surface area contributed by atoms with Gasteiger partial charge in [-0.25, -0.2) is 9.18 Å². The third kappa shape index (κ3) is 2.63. The van der Waals surface area contributed by atoms with Crippen molar-refractivity contribution in [3.63, 3.8) is 0 Å². The van der Waals surface area contributed by atoms with E-state index in [1.807, 2.05) is 27.7 Å². The van der Waals surface area contributed by atoms with E-state index in [-0.39, 0.29) is 16.8 Å². The zero-order valence-electron chi connectivity index (χ0n) is 12.7. The van der Waals surface area contributed by atoms with E-state index in [9.17, 15) is 14.3 Å². The van der Waals surface area contributed by atoms with Gasteiger partial charge >= 0.3 is 13.1 Å². The van der Waals surface area contributed by atoms with Crippen LogP contribution in [0.15, 0.2) is 12.1 Å². The second kappa shape index (κ2) is 5.00. The maximum Gasteiger partial charge on any atom is 0.497 e. The summed E-state index contributed by atoms with van der Waals surface area (Å²) in [4.78, 5) is 11.2. The molecule has 1 aliphatic rings. The lowest BCUT2D eigenvalue weighted by Crippen LogP contribution is -2.41. The SMILES string of the molecule is COc1cc(F)c(B2OC(C)(C)C(C)(C)O2)cc1C(=O)O. The Bertz CT molecular complexity index is 569. The summed E-state index contributed by atoms with van der Waals surface area (Å²) >= 11 is 0. The molecule has 2 rings (SSSR count). The largest absolute Gasteiger partial charge is 0.497 e. The summed E-state index contributed by atoms with van der Waals surface area (Å²) in [5.74, 6) is -1.87. The van der Waals surface area contributed by atoms with Gasteiger partial charge in [0.2, 0.25) is 0 Å². The van der Waals surface area contributed by atoms with E-state index in [0.717, 1.165) is 6.07 Å². The number of carboxylic acids is 1. The van der Waals surface area contributed by atoms with Crippen molar-refractivity contribution in [1.82, 2.24) is 0 Å². The number of hydrogen-bond donors (Lipinski definition) is 1. The number of rotatable bonds is 3. The summed E-state index contributed by atoms with van der Waals surface area (Å²) in [7, 11) is 0.328. The average molecular weight is 296 g/mol. The second-order valence-corrected chi connectivity index (χ2v) is 5.97. The van der Waals surface area contributed by atoms with Crippen LogP contribution < -0.4 is 10.2 Å². The predicted molar refractivity (Wildman–Crippen MR) is 75.6 cm³/mol. The fourth-order valence-corrected chi connectivity index (χ4v) is 2.06. The van der Waals surface area contributed by atoms with Crippen molar-refractivity contribution in [3.8, 4) is 5.75 Å². The summed E-state index contributed by atoms with van der Waals surface area (Å²) in [6, 6.07) is 2.22. The lowest BCUT2D eigenvalue weighted by Gasteiger charge is -2.32. The maximum absolute atomic E-state index is 14.2. The van der Waals surface area contributed by atoms with Crippen molar-refractivity contribution in [2.24, 2.45) is 0 Å². The normalized spacial score (nSPS) is 19.6. The molecule has 0 aliphatic carbocycles. The molecular formula is C14H18BFO5. The molecule has 114 valence electrons. The molecule has 7 heteroatoms. The molecule has 1 heterocycles. The molecule has 0 aromatic heterocycles. The van der Waals surface area contributed by atoms with Gasteiger partial charge in [0.15, 0.2) is 0 Å². The average Bonchev–Trinajstić information content (AvgIpc) is 2.57. The van der Waals surface area contributed by atoms with Crippen LogP contribution in [0.1, 0.15) is 38.1 Å². The highest BCUT2D eigenvalue weighted by atomic mass is 19.1. The molecule has 1 aromatic carbocycles. The Hall–Kier alpha value is -1.60. The number of carbonyl (C=O) groups is 1. The molecule has 0 bridgehead atoms. The molecule has 1 saturated heterocycles. The first-order valence-electron chi connectivity index (χ1n) is 6.55. The zero-order chi connectivity index (χ0) is 16.0. The van der Waals surface area contributed by atoms with Gasteiger partial charge in [0.1, 0.15) is 17.1 Å². The van der Waals surface area contributed by atoms with Crippen LogP contribution >= 0.6 is 0 Å². The molecule has 0 radical (unpaired) electrons. The number of carboxylic acid groups (broad SMARTS) is 1. The molecule has 5 nitrogen and oxygen atoms in total. The van der Waals surface area contributed by atoms with Gasteiger partial charge in [0, 0.05) is 11.5 Å². The second-order valence-electron chi connectivity index (χ2n) is 5.97. The van der Waals surface area contributed by atoms with Crippen LogP contribution in [0, 0.1) is 5.82 Å². The number of halogens is 1. The Labute approximate surface area is 123 Å². The van der Waals surface area contributed by atoms with Gasteiger partial charge in [-0.15, -0.1) is 0 Å². The van der Waals surface area contributed by atoms with Crippen LogP contribution in [0.25, 0.3) is 0 Å². The van der Waals surface area contributed by atoms with Crippen LogP contribution in [-0.4, -0.2) is 36.5 Å². The maximum atomic E-state index is 14.2. The van der Waals surface area contributed by atoms with Crippen LogP contribution in [-0.2, 0) is 9.31 Å². The van der Waals surface area contributed by atoms with Crippen LogP contribution in [0.4, 0.5) is 4.39 Å². The minimum atomic E-state index is -1.20. The van der Waals surface area contributed by atoms with Gasteiger partial charge < -0.3 is 19.2 Å². The molecule has 0 amide bonds. The molecule has 0 spiro atoms. The molecule has 0 unspecified atom stereocenters. The molecule has 0 saturated carbocycles. The van der Waals surface area contributed by atoms with Gasteiger partial charge in [-0.2, -0.15) is 0 Å². The molecule has 1 aliphatic heterocycles. The van der Waals surface area contributed by atoms with E-state index in [2.05, 4.69) is 0 Å². The van der Waals surface area contributed by atoms with Crippen LogP contribution in [0.2, 0.25) is 0 Å². The summed E-state index contributed by atoms with van der Waals surface area (Å²) in [5.41, 5.74) is -1.35. The Morgan fingerprint density at radius 3 is 2.19 bits per heavy atom. The van der Waals surface area contributed by atoms with Crippen molar-refractivity contribution in [2.45, 2.75) is 38.9 Å². The fraction of sp³-hybridized carbons (Fsp3) is 0.500. The number of aromatic carboxylic acids is 1. The highest BCUT2D eigenvalue weighted by Crippen LogP contribution is 2.37. The standard InChI is InChI=1S/C14H18BFO5/c1-13(2)14(3,4)21-15(20-13)9-6-8(12(17)18)11(19-5)7-10(9)16/h6-7H,1-5H3,(H,17,18). The lowest BCUT2D eigenvalue weighted by atomic mass is 9.77. The van der Waals surface area contributed by atoms with Gasteiger partial charge in [-0.3, -0.25) is 0 Å². The highest BCUT2D eigenvalue weighted by molar-refractivity contribution is 6.62. The smallest absolute Gasteiger partial charge is 0.496 e. The summed E-state index contributed by atoms with van der Waals surface area (Å²) in [5, 5.41) is 9.18. The Morgan fingerprint density at radius 1 is 1.24 bits per heavy atom. The predicted octanol–water partition coefficient (Wildman–Crippen LogP) is 1.83. The van der Waals surface area contributed by atoms with E-state index >= 15 is 0 Å². The molecule has 0 atom stereocenters. The summed E-state index contributed by atoms with van der Waals surface area (Å²) < 4.78 is 30.6. The Balaban J connectivity index is 2.47. The fourth-order valence-electron chi connectivity index (χ4n) is 2.06. The number of hydrogen-bond acceptors (Lipinski definition) is 4. The highest BCUT2D eigenvalue weighted by Gasteiger charge is 2.52. The van der Waals surface area contributed by atoms with E-state index in [1.54, 1.807) is 0 Å². The molecule has 1 aromatic rings. The first-order chi connectivity index (χ1) is 9.59. The monoisotopic (exact) mass is 296 g/mol. The topological polar surface area (TPSA) is 65.0 Å². The molecular weight excluding hydrogens is 278 g/mol. The first-order valence-corrected chi connectivity index (χ1v) is 6.55. The van der Waals surface area contributed by atoms with Gasteiger partial charge in [0.25, 0.3) is 0 Å².